The summed E-state index contributed by atoms with van der Waals surface area (Å²) in [5.74, 6) is -0.269. The SMILES string of the molecule is CC1(C)Oc2cc(CC#N)ccc2C(O)O1. The van der Waals surface area contributed by atoms with E-state index in [4.69, 9.17) is 14.7 Å². The maximum atomic E-state index is 9.75. The van der Waals surface area contributed by atoms with Crippen LogP contribution in [0.1, 0.15) is 31.3 Å². The van der Waals surface area contributed by atoms with Crippen molar-refractivity contribution in [2.24, 2.45) is 0 Å². The summed E-state index contributed by atoms with van der Waals surface area (Å²) in [4.78, 5) is 0. The van der Waals surface area contributed by atoms with Crippen LogP contribution in [-0.2, 0) is 11.2 Å². The van der Waals surface area contributed by atoms with E-state index in [1.807, 2.05) is 0 Å². The zero-order valence-electron chi connectivity index (χ0n) is 9.23. The second-order valence-electron chi connectivity index (χ2n) is 4.18. The van der Waals surface area contributed by atoms with Gasteiger partial charge in [-0.2, -0.15) is 5.26 Å². The molecule has 0 bridgehead atoms. The second-order valence-corrected chi connectivity index (χ2v) is 4.18. The van der Waals surface area contributed by atoms with E-state index in [1.165, 1.54) is 0 Å². The Balaban J connectivity index is 2.39. The van der Waals surface area contributed by atoms with E-state index in [9.17, 15) is 5.11 Å². The van der Waals surface area contributed by atoms with E-state index < -0.39 is 12.1 Å². The highest BCUT2D eigenvalue weighted by molar-refractivity contribution is 5.40. The van der Waals surface area contributed by atoms with Crippen LogP contribution in [0.4, 0.5) is 0 Å². The van der Waals surface area contributed by atoms with E-state index in [2.05, 4.69) is 6.07 Å². The molecule has 1 aromatic rings. The number of benzene rings is 1. The van der Waals surface area contributed by atoms with Crippen molar-refractivity contribution in [1.29, 1.82) is 5.26 Å². The van der Waals surface area contributed by atoms with Gasteiger partial charge in [0.2, 0.25) is 5.79 Å². The summed E-state index contributed by atoms with van der Waals surface area (Å²) in [6.07, 6.45) is -0.650. The lowest BCUT2D eigenvalue weighted by atomic mass is 10.1. The molecule has 1 unspecified atom stereocenters. The van der Waals surface area contributed by atoms with Gasteiger partial charge in [0.1, 0.15) is 5.75 Å². The summed E-state index contributed by atoms with van der Waals surface area (Å²) in [7, 11) is 0. The fraction of sp³-hybridized carbons (Fsp3) is 0.417. The van der Waals surface area contributed by atoms with Crippen molar-refractivity contribution >= 4 is 0 Å². The highest BCUT2D eigenvalue weighted by atomic mass is 16.8. The molecule has 84 valence electrons. The van der Waals surface area contributed by atoms with Crippen molar-refractivity contribution in [2.45, 2.75) is 32.3 Å². The van der Waals surface area contributed by atoms with Gasteiger partial charge in [0.25, 0.3) is 0 Å². The van der Waals surface area contributed by atoms with Crippen LogP contribution < -0.4 is 4.74 Å². The molecule has 4 heteroatoms. The number of hydrogen-bond acceptors (Lipinski definition) is 4. The topological polar surface area (TPSA) is 62.5 Å². The van der Waals surface area contributed by atoms with Crippen molar-refractivity contribution < 1.29 is 14.6 Å². The molecule has 1 heterocycles. The molecule has 0 radical (unpaired) electrons. The molecule has 2 rings (SSSR count). The Kier molecular flexibility index (Phi) is 2.58. The number of hydrogen-bond donors (Lipinski definition) is 1. The van der Waals surface area contributed by atoms with Gasteiger partial charge in [0, 0.05) is 19.4 Å². The second kappa shape index (κ2) is 3.78. The van der Waals surface area contributed by atoms with Crippen molar-refractivity contribution in [3.8, 4) is 11.8 Å². The fourth-order valence-electron chi connectivity index (χ4n) is 1.69. The summed E-state index contributed by atoms with van der Waals surface area (Å²) in [6.45, 7) is 3.46. The normalized spacial score (nSPS) is 21.8. The quantitative estimate of drug-likeness (QED) is 0.783. The number of aliphatic hydroxyl groups is 1. The molecular formula is C12H13NO3. The largest absolute Gasteiger partial charge is 0.462 e. The van der Waals surface area contributed by atoms with Gasteiger partial charge in [-0.15, -0.1) is 0 Å². The number of rotatable bonds is 1. The minimum Gasteiger partial charge on any atom is -0.462 e. The van der Waals surface area contributed by atoms with E-state index in [0.717, 1.165) is 5.56 Å². The van der Waals surface area contributed by atoms with Crippen LogP contribution in [0.25, 0.3) is 0 Å². The van der Waals surface area contributed by atoms with Crippen molar-refractivity contribution in [1.82, 2.24) is 0 Å². The Morgan fingerprint density at radius 1 is 1.50 bits per heavy atom. The highest BCUT2D eigenvalue weighted by Gasteiger charge is 2.33. The van der Waals surface area contributed by atoms with E-state index in [1.54, 1.807) is 32.0 Å². The third-order valence-electron chi connectivity index (χ3n) is 2.38. The van der Waals surface area contributed by atoms with Crippen molar-refractivity contribution in [3.63, 3.8) is 0 Å². The highest BCUT2D eigenvalue weighted by Crippen LogP contribution is 2.37. The summed E-state index contributed by atoms with van der Waals surface area (Å²) in [5.41, 5.74) is 1.46. The molecule has 0 fully saturated rings. The lowest BCUT2D eigenvalue weighted by Gasteiger charge is -2.35. The molecule has 1 atom stereocenters. The molecule has 1 N–H and O–H groups in total. The first-order valence-corrected chi connectivity index (χ1v) is 5.06. The van der Waals surface area contributed by atoms with Gasteiger partial charge in [-0.05, 0) is 17.7 Å². The molecule has 1 aliphatic rings. The standard InChI is InChI=1S/C12H13NO3/c1-12(2)15-10-7-8(5-6-13)3-4-9(10)11(14)16-12/h3-4,7,11,14H,5H2,1-2H3. The lowest BCUT2D eigenvalue weighted by molar-refractivity contribution is -0.267. The molecule has 0 spiro atoms. The van der Waals surface area contributed by atoms with Gasteiger partial charge in [-0.1, -0.05) is 6.07 Å². The first-order chi connectivity index (χ1) is 7.52. The van der Waals surface area contributed by atoms with E-state index in [0.29, 0.717) is 17.7 Å². The van der Waals surface area contributed by atoms with E-state index >= 15 is 0 Å². The average Bonchev–Trinajstić information content (AvgIpc) is 2.15. The van der Waals surface area contributed by atoms with Gasteiger partial charge >= 0.3 is 0 Å². The van der Waals surface area contributed by atoms with Gasteiger partial charge in [-0.25, -0.2) is 0 Å². The Bertz CT molecular complexity index is 448. The molecule has 4 nitrogen and oxygen atoms in total. The Morgan fingerprint density at radius 3 is 2.94 bits per heavy atom. The fourth-order valence-corrected chi connectivity index (χ4v) is 1.69. The maximum Gasteiger partial charge on any atom is 0.207 e. The Labute approximate surface area is 94.0 Å². The predicted molar refractivity (Wildman–Crippen MR) is 56.5 cm³/mol. The molecule has 0 aromatic heterocycles. The minimum absolute atomic E-state index is 0.327. The van der Waals surface area contributed by atoms with Crippen LogP contribution in [-0.4, -0.2) is 10.9 Å². The van der Waals surface area contributed by atoms with Gasteiger partial charge in [0.15, 0.2) is 6.29 Å². The molecule has 0 aliphatic carbocycles. The molecule has 0 saturated heterocycles. The van der Waals surface area contributed by atoms with Gasteiger partial charge < -0.3 is 14.6 Å². The Hall–Kier alpha value is -1.57. The summed E-state index contributed by atoms with van der Waals surface area (Å²) in [6, 6.07) is 7.36. The lowest BCUT2D eigenvalue weighted by Crippen LogP contribution is -2.37. The number of aliphatic hydroxyl groups excluding tert-OH is 1. The van der Waals surface area contributed by atoms with Crippen LogP contribution in [0.2, 0.25) is 0 Å². The molecule has 0 saturated carbocycles. The van der Waals surface area contributed by atoms with Gasteiger partial charge in [0.05, 0.1) is 12.5 Å². The van der Waals surface area contributed by atoms with Crippen molar-refractivity contribution in [2.75, 3.05) is 0 Å². The molecule has 0 amide bonds. The summed E-state index contributed by atoms with van der Waals surface area (Å²) in [5, 5.41) is 18.4. The van der Waals surface area contributed by atoms with Gasteiger partial charge in [-0.3, -0.25) is 0 Å². The van der Waals surface area contributed by atoms with E-state index in [-0.39, 0.29) is 0 Å². The molecular weight excluding hydrogens is 206 g/mol. The maximum absolute atomic E-state index is 9.75. The molecule has 1 aliphatic heterocycles. The first kappa shape index (κ1) is 10.9. The number of ether oxygens (including phenoxy) is 2. The van der Waals surface area contributed by atoms with Crippen LogP contribution in [0.3, 0.4) is 0 Å². The zero-order chi connectivity index (χ0) is 11.8. The first-order valence-electron chi connectivity index (χ1n) is 5.06. The summed E-state index contributed by atoms with van der Waals surface area (Å²) >= 11 is 0. The van der Waals surface area contributed by atoms with Crippen LogP contribution in [0.15, 0.2) is 18.2 Å². The zero-order valence-corrected chi connectivity index (χ0v) is 9.23. The van der Waals surface area contributed by atoms with Crippen LogP contribution in [0.5, 0.6) is 5.75 Å². The number of nitrogens with zero attached hydrogens (tertiary/aromatic N) is 1. The smallest absolute Gasteiger partial charge is 0.207 e. The summed E-state index contributed by atoms with van der Waals surface area (Å²) < 4.78 is 10.9. The molecule has 1 aromatic carbocycles. The monoisotopic (exact) mass is 219 g/mol. The van der Waals surface area contributed by atoms with Crippen LogP contribution >= 0.6 is 0 Å². The Morgan fingerprint density at radius 2 is 2.25 bits per heavy atom. The number of fused-ring (bicyclic) bond motifs is 1. The van der Waals surface area contributed by atoms with Crippen molar-refractivity contribution in [3.05, 3.63) is 29.3 Å². The third-order valence-corrected chi connectivity index (χ3v) is 2.38. The third kappa shape index (κ3) is 2.01. The molecule has 16 heavy (non-hydrogen) atoms. The minimum atomic E-state index is -0.977. The predicted octanol–water partition coefficient (Wildman–Crippen LogP) is 1.89. The van der Waals surface area contributed by atoms with Crippen LogP contribution in [0, 0.1) is 11.3 Å². The average molecular weight is 219 g/mol. The number of nitriles is 1.